The van der Waals surface area contributed by atoms with E-state index in [0.717, 1.165) is 26.0 Å². The third-order valence-corrected chi connectivity index (χ3v) is 5.04. The molecule has 1 spiro atoms. The predicted octanol–water partition coefficient (Wildman–Crippen LogP) is 2.09. The van der Waals surface area contributed by atoms with Gasteiger partial charge in [-0.15, -0.1) is 0 Å². The third-order valence-electron chi connectivity index (χ3n) is 5.04. The molecule has 0 saturated heterocycles. The van der Waals surface area contributed by atoms with Crippen molar-refractivity contribution < 1.29 is 9.84 Å². The lowest BCUT2D eigenvalue weighted by atomic mass is 9.66. The molecule has 100 valence electrons. The molecule has 3 heteroatoms. The molecule has 2 aliphatic rings. The Kier molecular flexibility index (Phi) is 4.45. The normalized spacial score (nSPS) is 26.5. The van der Waals surface area contributed by atoms with Crippen LogP contribution in [0.2, 0.25) is 0 Å². The lowest BCUT2D eigenvalue weighted by Gasteiger charge is -2.45. The minimum atomic E-state index is -0.0215. The van der Waals surface area contributed by atoms with Gasteiger partial charge in [-0.05, 0) is 43.9 Å². The van der Waals surface area contributed by atoms with E-state index in [9.17, 15) is 5.11 Å². The molecule has 3 nitrogen and oxygen atoms in total. The van der Waals surface area contributed by atoms with Gasteiger partial charge in [0.15, 0.2) is 0 Å². The Morgan fingerprint density at radius 2 is 1.71 bits per heavy atom. The molecule has 0 unspecified atom stereocenters. The van der Waals surface area contributed by atoms with Gasteiger partial charge in [-0.2, -0.15) is 0 Å². The summed E-state index contributed by atoms with van der Waals surface area (Å²) < 4.78 is 5.07. The van der Waals surface area contributed by atoms with Crippen LogP contribution in [0.4, 0.5) is 0 Å². The Morgan fingerprint density at radius 3 is 2.24 bits per heavy atom. The first kappa shape index (κ1) is 13.3. The van der Waals surface area contributed by atoms with E-state index in [4.69, 9.17) is 4.74 Å². The second kappa shape index (κ2) is 5.68. The fourth-order valence-corrected chi connectivity index (χ4v) is 3.69. The molecule has 2 saturated carbocycles. The van der Waals surface area contributed by atoms with Crippen molar-refractivity contribution in [1.29, 1.82) is 0 Å². The number of methoxy groups -OCH3 is 1. The Balaban J connectivity index is 1.85. The molecule has 0 atom stereocenters. The number of hydrogen-bond donors (Lipinski definition) is 2. The Hall–Kier alpha value is -0.120. The highest BCUT2D eigenvalue weighted by Gasteiger charge is 2.43. The van der Waals surface area contributed by atoms with E-state index in [2.05, 4.69) is 5.32 Å². The maximum absolute atomic E-state index is 9.67. The van der Waals surface area contributed by atoms with Crippen LogP contribution >= 0.6 is 0 Å². The molecule has 0 amide bonds. The zero-order chi connectivity index (χ0) is 12.2. The predicted molar refractivity (Wildman–Crippen MR) is 69.1 cm³/mol. The van der Waals surface area contributed by atoms with E-state index in [1.807, 2.05) is 0 Å². The van der Waals surface area contributed by atoms with Crippen LogP contribution in [0, 0.1) is 5.41 Å². The molecule has 0 radical (unpaired) electrons. The van der Waals surface area contributed by atoms with Crippen molar-refractivity contribution in [3.05, 3.63) is 0 Å². The molecule has 0 heterocycles. The van der Waals surface area contributed by atoms with Crippen LogP contribution in [0.15, 0.2) is 0 Å². The van der Waals surface area contributed by atoms with Crippen LogP contribution in [-0.2, 0) is 4.74 Å². The second-order valence-corrected chi connectivity index (χ2v) is 6.07. The number of aliphatic hydroxyl groups excluding tert-OH is 1. The van der Waals surface area contributed by atoms with Crippen LogP contribution in [0.5, 0.6) is 0 Å². The number of aliphatic hydroxyl groups is 1. The SMILES string of the molecule is COCCNC1(CO)CCC2(CCCC2)CC1. The summed E-state index contributed by atoms with van der Waals surface area (Å²) in [5.41, 5.74) is 0.619. The molecule has 0 aromatic heterocycles. The lowest BCUT2D eigenvalue weighted by molar-refractivity contribution is 0.0571. The molecular formula is C14H27NO2. The first-order chi connectivity index (χ1) is 8.24. The van der Waals surface area contributed by atoms with Crippen molar-refractivity contribution in [2.24, 2.45) is 5.41 Å². The zero-order valence-electron chi connectivity index (χ0n) is 11.1. The fraction of sp³-hybridized carbons (Fsp3) is 1.00. The fourth-order valence-electron chi connectivity index (χ4n) is 3.69. The van der Waals surface area contributed by atoms with E-state index >= 15 is 0 Å². The summed E-state index contributed by atoms with van der Waals surface area (Å²) in [6.45, 7) is 1.85. The molecule has 2 fully saturated rings. The van der Waals surface area contributed by atoms with Crippen molar-refractivity contribution in [3.8, 4) is 0 Å². The quantitative estimate of drug-likeness (QED) is 0.724. The molecule has 0 bridgehead atoms. The van der Waals surface area contributed by atoms with Gasteiger partial charge in [-0.1, -0.05) is 12.8 Å². The van der Waals surface area contributed by atoms with E-state index < -0.39 is 0 Å². The number of nitrogens with one attached hydrogen (secondary N) is 1. The van der Waals surface area contributed by atoms with Gasteiger partial charge < -0.3 is 15.2 Å². The average Bonchev–Trinajstić information content (AvgIpc) is 2.82. The monoisotopic (exact) mass is 241 g/mol. The van der Waals surface area contributed by atoms with E-state index in [1.54, 1.807) is 7.11 Å². The summed E-state index contributed by atoms with van der Waals surface area (Å²) in [6.07, 6.45) is 10.5. The van der Waals surface area contributed by atoms with Gasteiger partial charge in [-0.25, -0.2) is 0 Å². The smallest absolute Gasteiger partial charge is 0.0613 e. The van der Waals surface area contributed by atoms with Crippen LogP contribution in [-0.4, -0.2) is 37.5 Å². The minimum absolute atomic E-state index is 0.0215. The Morgan fingerprint density at radius 1 is 1.06 bits per heavy atom. The molecule has 0 aromatic carbocycles. The van der Waals surface area contributed by atoms with E-state index in [-0.39, 0.29) is 12.1 Å². The van der Waals surface area contributed by atoms with Crippen molar-refractivity contribution >= 4 is 0 Å². The molecular weight excluding hydrogens is 214 g/mol. The molecule has 0 aliphatic heterocycles. The van der Waals surface area contributed by atoms with Gasteiger partial charge in [0.2, 0.25) is 0 Å². The van der Waals surface area contributed by atoms with Crippen molar-refractivity contribution in [2.75, 3.05) is 26.9 Å². The van der Waals surface area contributed by atoms with Gasteiger partial charge in [-0.3, -0.25) is 0 Å². The van der Waals surface area contributed by atoms with Gasteiger partial charge in [0.1, 0.15) is 0 Å². The maximum Gasteiger partial charge on any atom is 0.0613 e. The zero-order valence-corrected chi connectivity index (χ0v) is 11.1. The van der Waals surface area contributed by atoms with Gasteiger partial charge >= 0.3 is 0 Å². The first-order valence-corrected chi connectivity index (χ1v) is 7.09. The van der Waals surface area contributed by atoms with Gasteiger partial charge in [0.05, 0.1) is 13.2 Å². The van der Waals surface area contributed by atoms with Crippen molar-refractivity contribution in [1.82, 2.24) is 5.32 Å². The summed E-state index contributed by atoms with van der Waals surface area (Å²) in [5.74, 6) is 0. The molecule has 17 heavy (non-hydrogen) atoms. The van der Waals surface area contributed by atoms with Crippen LogP contribution in [0.25, 0.3) is 0 Å². The standard InChI is InChI=1S/C14H27NO2/c1-17-11-10-15-14(12-16)8-6-13(7-9-14)4-2-3-5-13/h15-16H,2-12H2,1H3. The van der Waals surface area contributed by atoms with Gasteiger partial charge in [0, 0.05) is 19.2 Å². The average molecular weight is 241 g/mol. The van der Waals surface area contributed by atoms with Crippen molar-refractivity contribution in [3.63, 3.8) is 0 Å². The Bertz CT molecular complexity index is 226. The Labute approximate surface area is 105 Å². The van der Waals surface area contributed by atoms with Crippen LogP contribution in [0.1, 0.15) is 51.4 Å². The highest BCUT2D eigenvalue weighted by Crippen LogP contribution is 2.51. The molecule has 2 N–H and O–H groups in total. The number of rotatable bonds is 5. The number of hydrogen-bond acceptors (Lipinski definition) is 3. The third kappa shape index (κ3) is 3.01. The molecule has 2 rings (SSSR count). The van der Waals surface area contributed by atoms with Crippen molar-refractivity contribution in [2.45, 2.75) is 56.9 Å². The lowest BCUT2D eigenvalue weighted by Crippen LogP contribution is -2.53. The highest BCUT2D eigenvalue weighted by atomic mass is 16.5. The summed E-state index contributed by atoms with van der Waals surface area (Å²) in [5, 5.41) is 13.2. The molecule has 0 aromatic rings. The van der Waals surface area contributed by atoms with Crippen LogP contribution in [0.3, 0.4) is 0 Å². The summed E-state index contributed by atoms with van der Waals surface area (Å²) >= 11 is 0. The summed E-state index contributed by atoms with van der Waals surface area (Å²) in [4.78, 5) is 0. The summed E-state index contributed by atoms with van der Waals surface area (Å²) in [6, 6.07) is 0. The largest absolute Gasteiger partial charge is 0.394 e. The van der Waals surface area contributed by atoms with Crippen LogP contribution < -0.4 is 5.32 Å². The number of ether oxygens (including phenoxy) is 1. The second-order valence-electron chi connectivity index (χ2n) is 6.07. The van der Waals surface area contributed by atoms with Gasteiger partial charge in [0.25, 0.3) is 0 Å². The summed E-state index contributed by atoms with van der Waals surface area (Å²) in [7, 11) is 1.72. The first-order valence-electron chi connectivity index (χ1n) is 7.09. The molecule has 2 aliphatic carbocycles. The highest BCUT2D eigenvalue weighted by molar-refractivity contribution is 4.99. The maximum atomic E-state index is 9.67. The minimum Gasteiger partial charge on any atom is -0.394 e. The topological polar surface area (TPSA) is 41.5 Å². The van der Waals surface area contributed by atoms with E-state index in [0.29, 0.717) is 5.41 Å². The van der Waals surface area contributed by atoms with E-state index in [1.165, 1.54) is 38.5 Å².